The Labute approximate surface area is 174 Å². The van der Waals surface area contributed by atoms with Crippen molar-refractivity contribution in [3.63, 3.8) is 0 Å². The lowest BCUT2D eigenvalue weighted by molar-refractivity contribution is -0.123. The molecule has 2 aromatic rings. The first kappa shape index (κ1) is 21.2. The summed E-state index contributed by atoms with van der Waals surface area (Å²) < 4.78 is 10.9. The number of amides is 3. The van der Waals surface area contributed by atoms with Crippen LogP contribution in [0.25, 0.3) is 0 Å². The van der Waals surface area contributed by atoms with Gasteiger partial charge in [-0.25, -0.2) is 0 Å². The van der Waals surface area contributed by atoms with E-state index in [4.69, 9.17) is 9.47 Å². The Bertz CT molecular complexity index is 882. The third kappa shape index (κ3) is 5.53. The number of H-pyrrole nitrogens is 1. The molecule has 3 amide bonds. The van der Waals surface area contributed by atoms with E-state index in [-0.39, 0.29) is 30.9 Å². The molecule has 0 spiro atoms. The van der Waals surface area contributed by atoms with E-state index in [1.54, 1.807) is 36.7 Å². The quantitative estimate of drug-likeness (QED) is 0.602. The van der Waals surface area contributed by atoms with Crippen LogP contribution in [0.5, 0.6) is 11.5 Å². The molecule has 0 unspecified atom stereocenters. The molecule has 4 N–H and O–H groups in total. The van der Waals surface area contributed by atoms with Crippen LogP contribution in [0.1, 0.15) is 40.0 Å². The maximum absolute atomic E-state index is 12.6. The second kappa shape index (κ2) is 10.3. The summed E-state index contributed by atoms with van der Waals surface area (Å²) in [6.45, 7) is 0.843. The van der Waals surface area contributed by atoms with Gasteiger partial charge in [-0.05, 0) is 37.5 Å². The maximum atomic E-state index is 12.6. The zero-order valence-corrected chi connectivity index (χ0v) is 16.8. The van der Waals surface area contributed by atoms with E-state index in [1.165, 1.54) is 7.11 Å². The van der Waals surface area contributed by atoms with Crippen molar-refractivity contribution in [2.24, 2.45) is 0 Å². The standard InChI is InChI=1S/C21H26N4O5/c1-29-15-5-6-16-18(12-15)30-11-10-24-21(28)17(4-2-3-8-23-20(16)27)25-19(26)14-7-9-22-13-14/h5-7,9,12-13,17,22H,2-4,8,10-11H2,1H3,(H,23,27)(H,24,28)(H,25,26)/t17-/m0/s1. The number of aromatic nitrogens is 1. The Morgan fingerprint density at radius 3 is 2.80 bits per heavy atom. The summed E-state index contributed by atoms with van der Waals surface area (Å²) in [4.78, 5) is 40.3. The minimum atomic E-state index is -0.668. The van der Waals surface area contributed by atoms with Gasteiger partial charge >= 0.3 is 0 Å². The van der Waals surface area contributed by atoms with E-state index >= 15 is 0 Å². The molecular formula is C21H26N4O5. The van der Waals surface area contributed by atoms with Crippen molar-refractivity contribution in [1.82, 2.24) is 20.9 Å². The van der Waals surface area contributed by atoms with Gasteiger partial charge in [0.05, 0.1) is 24.8 Å². The minimum Gasteiger partial charge on any atom is -0.497 e. The second-order valence-electron chi connectivity index (χ2n) is 6.88. The van der Waals surface area contributed by atoms with Gasteiger partial charge in [-0.1, -0.05) is 0 Å². The number of carbonyl (C=O) groups is 3. The van der Waals surface area contributed by atoms with Crippen molar-refractivity contribution < 1.29 is 23.9 Å². The number of rotatable bonds is 3. The van der Waals surface area contributed by atoms with Crippen LogP contribution in [-0.2, 0) is 4.79 Å². The number of benzene rings is 1. The van der Waals surface area contributed by atoms with Crippen LogP contribution in [0, 0.1) is 0 Å². The normalized spacial score (nSPS) is 18.1. The predicted octanol–water partition coefficient (Wildman–Crippen LogP) is 1.23. The van der Waals surface area contributed by atoms with E-state index in [2.05, 4.69) is 20.9 Å². The van der Waals surface area contributed by atoms with Crippen LogP contribution in [0.4, 0.5) is 0 Å². The molecule has 1 aromatic heterocycles. The number of ether oxygens (including phenoxy) is 2. The zero-order chi connectivity index (χ0) is 21.3. The van der Waals surface area contributed by atoms with Crippen LogP contribution < -0.4 is 25.4 Å². The molecule has 0 fully saturated rings. The smallest absolute Gasteiger partial charge is 0.255 e. The third-order valence-corrected chi connectivity index (χ3v) is 4.78. The average molecular weight is 414 g/mol. The van der Waals surface area contributed by atoms with E-state index in [0.717, 1.165) is 0 Å². The Morgan fingerprint density at radius 1 is 1.17 bits per heavy atom. The lowest BCUT2D eigenvalue weighted by Gasteiger charge is -2.19. The fraction of sp³-hybridized carbons (Fsp3) is 0.381. The molecule has 0 bridgehead atoms. The van der Waals surface area contributed by atoms with Crippen LogP contribution in [0.15, 0.2) is 36.7 Å². The summed E-state index contributed by atoms with van der Waals surface area (Å²) in [6.07, 6.45) is 5.02. The second-order valence-corrected chi connectivity index (χ2v) is 6.88. The Balaban J connectivity index is 1.68. The number of hydrogen-bond donors (Lipinski definition) is 4. The Hall–Kier alpha value is -3.49. The van der Waals surface area contributed by atoms with E-state index < -0.39 is 6.04 Å². The molecular weight excluding hydrogens is 388 g/mol. The number of aromatic amines is 1. The molecule has 0 saturated carbocycles. The highest BCUT2D eigenvalue weighted by Crippen LogP contribution is 2.25. The summed E-state index contributed by atoms with van der Waals surface area (Å²) in [5, 5.41) is 8.43. The first-order valence-electron chi connectivity index (χ1n) is 9.89. The summed E-state index contributed by atoms with van der Waals surface area (Å²) in [5.74, 6) is 0.137. The van der Waals surface area contributed by atoms with Gasteiger partial charge in [0.2, 0.25) is 5.91 Å². The van der Waals surface area contributed by atoms with Crippen molar-refractivity contribution in [2.75, 3.05) is 26.8 Å². The van der Waals surface area contributed by atoms with Crippen LogP contribution in [0.3, 0.4) is 0 Å². The first-order chi connectivity index (χ1) is 14.6. The molecule has 0 saturated heterocycles. The van der Waals surface area contributed by atoms with Crippen molar-refractivity contribution in [1.29, 1.82) is 0 Å². The average Bonchev–Trinajstić information content (AvgIpc) is 3.29. The third-order valence-electron chi connectivity index (χ3n) is 4.78. The van der Waals surface area contributed by atoms with E-state index in [0.29, 0.717) is 48.4 Å². The van der Waals surface area contributed by atoms with Crippen molar-refractivity contribution >= 4 is 17.7 Å². The molecule has 2 heterocycles. The van der Waals surface area contributed by atoms with Gasteiger partial charge in [-0.3, -0.25) is 14.4 Å². The van der Waals surface area contributed by atoms with Gasteiger partial charge in [-0.15, -0.1) is 0 Å². The highest BCUT2D eigenvalue weighted by atomic mass is 16.5. The summed E-state index contributed by atoms with van der Waals surface area (Å²) in [5.41, 5.74) is 0.874. The van der Waals surface area contributed by atoms with Crippen molar-refractivity contribution in [2.45, 2.75) is 25.3 Å². The van der Waals surface area contributed by atoms with E-state index in [1.807, 2.05) is 0 Å². The number of methoxy groups -OCH3 is 1. The topological polar surface area (TPSA) is 122 Å². The molecule has 0 aliphatic carbocycles. The van der Waals surface area contributed by atoms with Gasteiger partial charge in [0.15, 0.2) is 0 Å². The zero-order valence-electron chi connectivity index (χ0n) is 16.8. The molecule has 3 rings (SSSR count). The van der Waals surface area contributed by atoms with Gasteiger partial charge in [0.25, 0.3) is 11.8 Å². The number of carbonyl (C=O) groups excluding carboxylic acids is 3. The molecule has 1 aliphatic heterocycles. The highest BCUT2D eigenvalue weighted by molar-refractivity contribution is 5.98. The number of nitrogens with one attached hydrogen (secondary N) is 4. The maximum Gasteiger partial charge on any atom is 0.255 e. The summed E-state index contributed by atoms with van der Waals surface area (Å²) >= 11 is 0. The lowest BCUT2D eigenvalue weighted by Crippen LogP contribution is -2.47. The molecule has 160 valence electrons. The fourth-order valence-electron chi connectivity index (χ4n) is 3.14. The summed E-state index contributed by atoms with van der Waals surface area (Å²) in [7, 11) is 1.53. The Morgan fingerprint density at radius 2 is 2.03 bits per heavy atom. The molecule has 9 heteroatoms. The van der Waals surface area contributed by atoms with Gasteiger partial charge in [-0.2, -0.15) is 0 Å². The number of hydrogen-bond acceptors (Lipinski definition) is 5. The molecule has 0 radical (unpaired) electrons. The van der Waals surface area contributed by atoms with Gasteiger partial charge in [0.1, 0.15) is 24.1 Å². The molecule has 1 aliphatic rings. The largest absolute Gasteiger partial charge is 0.497 e. The van der Waals surface area contributed by atoms with Gasteiger partial charge in [0, 0.05) is 25.0 Å². The van der Waals surface area contributed by atoms with E-state index in [9.17, 15) is 14.4 Å². The van der Waals surface area contributed by atoms with Crippen LogP contribution in [-0.4, -0.2) is 55.6 Å². The van der Waals surface area contributed by atoms with Crippen molar-refractivity contribution in [3.05, 3.63) is 47.8 Å². The fourth-order valence-corrected chi connectivity index (χ4v) is 3.14. The monoisotopic (exact) mass is 414 g/mol. The molecule has 1 atom stereocenters. The SMILES string of the molecule is COc1ccc2c(c1)OCCNC(=O)[C@@H](NC(=O)c1cc[nH]c1)CCCCNC2=O. The molecule has 9 nitrogen and oxygen atoms in total. The van der Waals surface area contributed by atoms with Crippen LogP contribution >= 0.6 is 0 Å². The lowest BCUT2D eigenvalue weighted by atomic mass is 10.1. The Kier molecular flexibility index (Phi) is 7.31. The predicted molar refractivity (Wildman–Crippen MR) is 110 cm³/mol. The van der Waals surface area contributed by atoms with Crippen molar-refractivity contribution in [3.8, 4) is 11.5 Å². The van der Waals surface area contributed by atoms with Gasteiger partial charge < -0.3 is 30.4 Å². The molecule has 30 heavy (non-hydrogen) atoms. The first-order valence-corrected chi connectivity index (χ1v) is 9.89. The summed E-state index contributed by atoms with van der Waals surface area (Å²) in [6, 6.07) is 5.97. The number of fused-ring (bicyclic) bond motifs is 1. The minimum absolute atomic E-state index is 0.164. The van der Waals surface area contributed by atoms with Crippen LogP contribution in [0.2, 0.25) is 0 Å². The highest BCUT2D eigenvalue weighted by Gasteiger charge is 2.22. The molecule has 1 aromatic carbocycles.